The van der Waals surface area contributed by atoms with Gasteiger partial charge in [-0.25, -0.2) is 0 Å². The Kier molecular flexibility index (Phi) is 12.3. The molecule has 5 rings (SSSR count). The number of carbonyl (C=O) groups is 2. The van der Waals surface area contributed by atoms with Crippen LogP contribution < -0.4 is 16.0 Å². The summed E-state index contributed by atoms with van der Waals surface area (Å²) in [6.07, 6.45) is 13.3. The molecule has 2 heterocycles. The molecule has 2 aromatic rings. The van der Waals surface area contributed by atoms with Crippen LogP contribution >= 0.6 is 0 Å². The summed E-state index contributed by atoms with van der Waals surface area (Å²) in [4.78, 5) is 28.6. The van der Waals surface area contributed by atoms with Gasteiger partial charge in [-0.15, -0.1) is 10.2 Å². The van der Waals surface area contributed by atoms with E-state index in [0.29, 0.717) is 36.2 Å². The highest BCUT2D eigenvalue weighted by molar-refractivity contribution is 5.94. The number of hydrogen-bond acceptors (Lipinski definition) is 8. The van der Waals surface area contributed by atoms with Gasteiger partial charge in [0.05, 0.1) is 18.0 Å². The number of nitrogens with zero attached hydrogens (tertiary/aromatic N) is 5. The number of nitriles is 1. The molecule has 11 nitrogen and oxygen atoms in total. The molecule has 0 bridgehead atoms. The van der Waals surface area contributed by atoms with E-state index in [1.165, 1.54) is 0 Å². The predicted molar refractivity (Wildman–Crippen MR) is 199 cm³/mol. The first-order valence-electron chi connectivity index (χ1n) is 18.7. The van der Waals surface area contributed by atoms with Crippen LogP contribution in [0.3, 0.4) is 0 Å². The second-order valence-electron chi connectivity index (χ2n) is 14.5. The average molecular weight is 694 g/mol. The second-order valence-corrected chi connectivity index (χ2v) is 14.5. The summed E-state index contributed by atoms with van der Waals surface area (Å²) in [6, 6.07) is 7.93. The third-order valence-corrected chi connectivity index (χ3v) is 10.9. The molecule has 0 spiro atoms. The molecule has 1 aliphatic heterocycles. The summed E-state index contributed by atoms with van der Waals surface area (Å²) in [6.45, 7) is 18.5. The third-order valence-electron chi connectivity index (χ3n) is 10.9. The van der Waals surface area contributed by atoms with Crippen molar-refractivity contribution < 1.29 is 9.59 Å². The Hall–Kier alpha value is -4.56. The number of aromatic nitrogens is 4. The smallest absolute Gasteiger partial charge is 0.251 e. The first-order valence-corrected chi connectivity index (χ1v) is 18.7. The molecule has 0 radical (unpaired) electrons. The van der Waals surface area contributed by atoms with Crippen LogP contribution in [0.25, 0.3) is 0 Å². The van der Waals surface area contributed by atoms with E-state index in [-0.39, 0.29) is 42.4 Å². The molecule has 1 saturated heterocycles. The van der Waals surface area contributed by atoms with Crippen molar-refractivity contribution in [3.8, 4) is 6.07 Å². The minimum atomic E-state index is -0.880. The van der Waals surface area contributed by atoms with Crippen molar-refractivity contribution in [2.24, 2.45) is 17.8 Å². The van der Waals surface area contributed by atoms with E-state index in [1.54, 1.807) is 0 Å². The predicted octanol–water partition coefficient (Wildman–Crippen LogP) is 5.28. The van der Waals surface area contributed by atoms with Crippen molar-refractivity contribution in [1.82, 2.24) is 41.5 Å². The van der Waals surface area contributed by atoms with E-state index in [1.807, 2.05) is 30.0 Å². The van der Waals surface area contributed by atoms with E-state index in [4.69, 9.17) is 0 Å². The van der Waals surface area contributed by atoms with Gasteiger partial charge in [-0.3, -0.25) is 9.59 Å². The van der Waals surface area contributed by atoms with Gasteiger partial charge in [0, 0.05) is 36.4 Å². The highest BCUT2D eigenvalue weighted by Crippen LogP contribution is 2.53. The Labute approximate surface area is 303 Å². The molecule has 6 unspecified atom stereocenters. The van der Waals surface area contributed by atoms with E-state index in [0.717, 1.165) is 66.6 Å². The Balaban J connectivity index is 1.58. The Morgan fingerprint density at radius 2 is 2.04 bits per heavy atom. The van der Waals surface area contributed by atoms with Crippen molar-refractivity contribution in [3.05, 3.63) is 88.4 Å². The summed E-state index contributed by atoms with van der Waals surface area (Å²) >= 11 is 0. The number of carbonyl (C=O) groups excluding carboxylic acids is 2. The molecule has 1 saturated carbocycles. The maximum absolute atomic E-state index is 13.8. The lowest BCUT2D eigenvalue weighted by Gasteiger charge is -2.38. The van der Waals surface area contributed by atoms with E-state index in [9.17, 15) is 14.9 Å². The molecule has 6 atom stereocenters. The van der Waals surface area contributed by atoms with Gasteiger partial charge in [0.1, 0.15) is 6.04 Å². The van der Waals surface area contributed by atoms with Gasteiger partial charge in [0.25, 0.3) is 5.91 Å². The van der Waals surface area contributed by atoms with Crippen LogP contribution in [-0.4, -0.2) is 75.1 Å². The number of fused-ring (bicyclic) bond motifs is 2. The van der Waals surface area contributed by atoms with Gasteiger partial charge in [-0.2, -0.15) is 10.5 Å². The number of aromatic amines is 1. The third kappa shape index (κ3) is 7.86. The number of piperidine rings is 1. The molecule has 11 heteroatoms. The molecule has 4 N–H and O–H groups in total. The first-order chi connectivity index (χ1) is 24.6. The minimum absolute atomic E-state index is 0.0337. The Morgan fingerprint density at radius 3 is 2.71 bits per heavy atom. The summed E-state index contributed by atoms with van der Waals surface area (Å²) in [5.41, 5.74) is 4.67. The number of H-pyrrole nitrogens is 1. The highest BCUT2D eigenvalue weighted by Gasteiger charge is 2.60. The van der Waals surface area contributed by atoms with Gasteiger partial charge >= 0.3 is 0 Å². The van der Waals surface area contributed by atoms with Crippen molar-refractivity contribution in [2.45, 2.75) is 104 Å². The highest BCUT2D eigenvalue weighted by atomic mass is 16.2. The molecule has 3 aliphatic rings. The number of nitrogens with one attached hydrogen (secondary N) is 4. The quantitative estimate of drug-likeness (QED) is 0.174. The molecule has 2 aliphatic carbocycles. The SMILES string of the molecule is C=C(NCCC)C(/C=C\C1=CCCc2cc(C(=O)NCC)ccc2C1(CC(NCC(=O)N1C(C#N)CC2C(C)C21)C(C)C)c1nn[nH]n1)=C/CC. The lowest BCUT2D eigenvalue weighted by atomic mass is 9.66. The fraction of sp³-hybridized carbons (Fsp3) is 0.550. The average Bonchev–Trinajstić information content (AvgIpc) is 3.45. The molecule has 1 aromatic carbocycles. The standard InChI is InChI=1S/C40H55N9O2/c1-8-12-28(27(7)43-19-9-2)15-17-31-14-11-13-29-20-30(38(51)42-10-3)16-18-34(29)40(31,39-45-47-48-46-39)22-35(25(4)5)44-24-36(50)49-32(23-41)21-33-26(6)37(33)49/h12,14-18,20,25-26,32-33,35,37,43-44H,7-11,13,19,21-22,24H2,1-6H3,(H,42,51)(H,45,46,47,48)/b17-15-,28-12+. The van der Waals surface area contributed by atoms with Crippen molar-refractivity contribution in [1.29, 1.82) is 5.26 Å². The van der Waals surface area contributed by atoms with E-state index in [2.05, 4.69) is 108 Å². The maximum atomic E-state index is 13.8. The largest absolute Gasteiger partial charge is 0.385 e. The number of likely N-dealkylation sites (tertiary alicyclic amines) is 1. The molecule has 2 fully saturated rings. The number of rotatable bonds is 16. The molecular weight excluding hydrogens is 639 g/mol. The van der Waals surface area contributed by atoms with Crippen LogP contribution in [-0.2, 0) is 16.6 Å². The van der Waals surface area contributed by atoms with Crippen LogP contribution in [0.5, 0.6) is 0 Å². The van der Waals surface area contributed by atoms with E-state index < -0.39 is 5.41 Å². The van der Waals surface area contributed by atoms with Gasteiger partial charge in [0.15, 0.2) is 5.82 Å². The van der Waals surface area contributed by atoms with Gasteiger partial charge < -0.3 is 20.9 Å². The zero-order chi connectivity index (χ0) is 36.7. The number of amides is 2. The normalized spacial score (nSPS) is 24.7. The molecule has 2 amide bonds. The van der Waals surface area contributed by atoms with Crippen LogP contribution in [0, 0.1) is 29.1 Å². The Morgan fingerprint density at radius 1 is 1.24 bits per heavy atom. The monoisotopic (exact) mass is 693 g/mol. The van der Waals surface area contributed by atoms with Crippen molar-refractivity contribution >= 4 is 11.8 Å². The number of aryl methyl sites for hydroxylation is 1. The van der Waals surface area contributed by atoms with Gasteiger partial charge in [-0.1, -0.05) is 76.8 Å². The summed E-state index contributed by atoms with van der Waals surface area (Å²) in [5, 5.41) is 35.9. The van der Waals surface area contributed by atoms with E-state index >= 15 is 0 Å². The lowest BCUT2D eigenvalue weighted by Crippen LogP contribution is -2.49. The number of benzene rings is 1. The fourth-order valence-electron chi connectivity index (χ4n) is 8.08. The zero-order valence-corrected chi connectivity index (χ0v) is 31.1. The zero-order valence-electron chi connectivity index (χ0n) is 31.1. The summed E-state index contributed by atoms with van der Waals surface area (Å²) in [5.74, 6) is 1.36. The number of tetrazole rings is 1. The lowest BCUT2D eigenvalue weighted by molar-refractivity contribution is -0.131. The Bertz CT molecular complexity index is 1700. The number of hydrogen-bond donors (Lipinski definition) is 4. The topological polar surface area (TPSA) is 152 Å². The molecule has 1 aromatic heterocycles. The fourth-order valence-corrected chi connectivity index (χ4v) is 8.08. The number of allylic oxidation sites excluding steroid dienone is 5. The van der Waals surface area contributed by atoms with Crippen LogP contribution in [0.4, 0.5) is 0 Å². The maximum Gasteiger partial charge on any atom is 0.251 e. The first kappa shape index (κ1) is 37.7. The van der Waals surface area contributed by atoms with Gasteiger partial charge in [-0.05, 0) is 97.6 Å². The van der Waals surface area contributed by atoms with Crippen LogP contribution in [0.1, 0.15) is 101 Å². The second kappa shape index (κ2) is 16.6. The molecule has 51 heavy (non-hydrogen) atoms. The molecule has 272 valence electrons. The molecular formula is C40H55N9O2. The van der Waals surface area contributed by atoms with Crippen molar-refractivity contribution in [2.75, 3.05) is 19.6 Å². The van der Waals surface area contributed by atoms with Gasteiger partial charge in [0.2, 0.25) is 5.91 Å². The minimum Gasteiger partial charge on any atom is -0.385 e. The van der Waals surface area contributed by atoms with Crippen LogP contribution in [0.2, 0.25) is 0 Å². The van der Waals surface area contributed by atoms with Crippen LogP contribution in [0.15, 0.2) is 65.9 Å². The summed E-state index contributed by atoms with van der Waals surface area (Å²) < 4.78 is 0. The van der Waals surface area contributed by atoms with Crippen molar-refractivity contribution in [3.63, 3.8) is 0 Å². The summed E-state index contributed by atoms with van der Waals surface area (Å²) in [7, 11) is 0.